The molecule has 0 N–H and O–H groups in total. The Morgan fingerprint density at radius 3 is 2.64 bits per heavy atom. The van der Waals surface area contributed by atoms with Crippen molar-refractivity contribution in [2.75, 3.05) is 11.4 Å². The second kappa shape index (κ2) is 7.27. The highest BCUT2D eigenvalue weighted by atomic mass is 16.4. The summed E-state index contributed by atoms with van der Waals surface area (Å²) >= 11 is 0. The molecule has 2 heterocycles. The largest absolute Gasteiger partial charge is 0.422 e. The summed E-state index contributed by atoms with van der Waals surface area (Å²) in [4.78, 5) is 39.7. The first-order chi connectivity index (χ1) is 13.6. The molecule has 0 radical (unpaired) electrons. The topological polar surface area (TPSA) is 67.6 Å². The molecule has 1 aliphatic heterocycles. The van der Waals surface area contributed by atoms with Crippen molar-refractivity contribution in [3.8, 4) is 0 Å². The molecule has 3 aromatic rings. The van der Waals surface area contributed by atoms with Crippen molar-refractivity contribution in [2.45, 2.75) is 19.8 Å². The molecule has 140 valence electrons. The lowest BCUT2D eigenvalue weighted by Crippen LogP contribution is -2.27. The van der Waals surface area contributed by atoms with Gasteiger partial charge in [0.2, 0.25) is 0 Å². The molecular formula is C23H19NO4. The zero-order chi connectivity index (χ0) is 19.7. The summed E-state index contributed by atoms with van der Waals surface area (Å²) in [6, 6.07) is 15.9. The quantitative estimate of drug-likeness (QED) is 0.382. The van der Waals surface area contributed by atoms with Gasteiger partial charge in [-0.3, -0.25) is 9.59 Å². The predicted octanol–water partition coefficient (Wildman–Crippen LogP) is 4.21. The summed E-state index contributed by atoms with van der Waals surface area (Å²) in [7, 11) is 0. The molecule has 0 saturated heterocycles. The minimum Gasteiger partial charge on any atom is -0.422 e. The van der Waals surface area contributed by atoms with Crippen LogP contribution in [0.3, 0.4) is 0 Å². The third-order valence-corrected chi connectivity index (χ3v) is 4.88. The summed E-state index contributed by atoms with van der Waals surface area (Å²) in [6.07, 6.45) is 3.09. The van der Waals surface area contributed by atoms with E-state index in [0.717, 1.165) is 18.5 Å². The zero-order valence-corrected chi connectivity index (χ0v) is 15.5. The number of fused-ring (bicyclic) bond motifs is 2. The van der Waals surface area contributed by atoms with Crippen molar-refractivity contribution in [2.24, 2.45) is 0 Å². The maximum Gasteiger partial charge on any atom is 0.347 e. The lowest BCUT2D eigenvalue weighted by Gasteiger charge is -2.16. The van der Waals surface area contributed by atoms with Crippen LogP contribution in [0.1, 0.15) is 35.7 Å². The van der Waals surface area contributed by atoms with Gasteiger partial charge in [-0.15, -0.1) is 0 Å². The second-order valence-electron chi connectivity index (χ2n) is 6.74. The number of hydrogen-bond acceptors (Lipinski definition) is 4. The van der Waals surface area contributed by atoms with Gasteiger partial charge in [0.15, 0.2) is 5.78 Å². The van der Waals surface area contributed by atoms with Gasteiger partial charge in [0.05, 0.1) is 11.3 Å². The van der Waals surface area contributed by atoms with Gasteiger partial charge in [-0.05, 0) is 30.7 Å². The summed E-state index contributed by atoms with van der Waals surface area (Å²) in [5, 5.41) is 0.659. The Morgan fingerprint density at radius 1 is 1.07 bits per heavy atom. The molecule has 0 saturated carbocycles. The van der Waals surface area contributed by atoms with E-state index in [-0.39, 0.29) is 11.5 Å². The molecule has 4 rings (SSSR count). The summed E-state index contributed by atoms with van der Waals surface area (Å²) in [5.41, 5.74) is 1.45. The van der Waals surface area contributed by atoms with Gasteiger partial charge in [-0.2, -0.15) is 0 Å². The number of ketones is 1. The highest BCUT2D eigenvalue weighted by Crippen LogP contribution is 2.36. The van der Waals surface area contributed by atoms with E-state index in [0.29, 0.717) is 28.7 Å². The summed E-state index contributed by atoms with van der Waals surface area (Å²) in [6.45, 7) is 2.65. The molecule has 28 heavy (non-hydrogen) atoms. The normalized spacial score (nSPS) is 14.7. The van der Waals surface area contributed by atoms with Crippen LogP contribution >= 0.6 is 0 Å². The highest BCUT2D eigenvalue weighted by Gasteiger charge is 2.32. The van der Waals surface area contributed by atoms with Crippen LogP contribution in [0.25, 0.3) is 16.5 Å². The van der Waals surface area contributed by atoms with E-state index in [9.17, 15) is 14.4 Å². The van der Waals surface area contributed by atoms with Crippen molar-refractivity contribution in [3.05, 3.63) is 82.2 Å². The predicted molar refractivity (Wildman–Crippen MR) is 108 cm³/mol. The first kappa shape index (κ1) is 17.9. The number of anilines is 1. The average molecular weight is 373 g/mol. The smallest absolute Gasteiger partial charge is 0.347 e. The average Bonchev–Trinajstić information content (AvgIpc) is 2.97. The maximum atomic E-state index is 12.9. The Balaban J connectivity index is 1.76. The Kier molecular flexibility index (Phi) is 4.65. The lowest BCUT2D eigenvalue weighted by atomic mass is 10.0. The van der Waals surface area contributed by atoms with Crippen molar-refractivity contribution >= 4 is 33.9 Å². The van der Waals surface area contributed by atoms with Gasteiger partial charge in [0.1, 0.15) is 11.1 Å². The molecule has 1 amide bonds. The minimum atomic E-state index is -0.706. The molecule has 0 bridgehead atoms. The minimum absolute atomic E-state index is 0.0801. The first-order valence-corrected chi connectivity index (χ1v) is 9.30. The van der Waals surface area contributed by atoms with E-state index < -0.39 is 11.4 Å². The SMILES string of the molecule is CCCCN1C(=O)/C(=C\C(=O)c2cc3ccccc3oc2=O)c2ccccc21. The number of nitrogens with zero attached hydrogens (tertiary/aromatic N) is 1. The number of amides is 1. The number of rotatable bonds is 5. The third-order valence-electron chi connectivity index (χ3n) is 4.88. The van der Waals surface area contributed by atoms with Crippen LogP contribution in [0.15, 0.2) is 69.9 Å². The van der Waals surface area contributed by atoms with Crippen molar-refractivity contribution in [3.63, 3.8) is 0 Å². The molecular weight excluding hydrogens is 354 g/mol. The molecule has 0 fully saturated rings. The third kappa shape index (κ3) is 3.05. The Labute approximate surface area is 161 Å². The number of hydrogen-bond donors (Lipinski definition) is 0. The monoisotopic (exact) mass is 373 g/mol. The van der Waals surface area contributed by atoms with Crippen molar-refractivity contribution in [1.29, 1.82) is 0 Å². The van der Waals surface area contributed by atoms with Crippen LogP contribution in [0.4, 0.5) is 5.69 Å². The van der Waals surface area contributed by atoms with Gasteiger partial charge in [0.25, 0.3) is 5.91 Å². The number of carbonyl (C=O) groups excluding carboxylic acids is 2. The fourth-order valence-corrected chi connectivity index (χ4v) is 3.43. The van der Waals surface area contributed by atoms with Crippen LogP contribution in [0, 0.1) is 0 Å². The van der Waals surface area contributed by atoms with Gasteiger partial charge in [-0.1, -0.05) is 49.7 Å². The molecule has 1 aliphatic rings. The fraction of sp³-hybridized carbons (Fsp3) is 0.174. The summed E-state index contributed by atoms with van der Waals surface area (Å²) in [5.74, 6) is -0.747. The second-order valence-corrected chi connectivity index (χ2v) is 6.74. The zero-order valence-electron chi connectivity index (χ0n) is 15.5. The van der Waals surface area contributed by atoms with E-state index >= 15 is 0 Å². The molecule has 0 unspecified atom stereocenters. The van der Waals surface area contributed by atoms with Crippen LogP contribution in [-0.4, -0.2) is 18.2 Å². The van der Waals surface area contributed by atoms with E-state index in [4.69, 9.17) is 4.42 Å². The van der Waals surface area contributed by atoms with E-state index in [1.54, 1.807) is 29.2 Å². The maximum absolute atomic E-state index is 12.9. The number of carbonyl (C=O) groups is 2. The number of unbranched alkanes of at least 4 members (excludes halogenated alkanes) is 1. The number of allylic oxidation sites excluding steroid dienone is 1. The van der Waals surface area contributed by atoms with Crippen LogP contribution in [0.2, 0.25) is 0 Å². The number of benzene rings is 2. The molecule has 2 aromatic carbocycles. The fourth-order valence-electron chi connectivity index (χ4n) is 3.43. The van der Waals surface area contributed by atoms with E-state index in [2.05, 4.69) is 6.92 Å². The standard InChI is InChI=1S/C23H19NO4/c1-2-3-12-24-19-10-6-5-9-16(19)17(22(24)26)14-20(25)18-13-15-8-4-7-11-21(15)28-23(18)27/h4-11,13-14H,2-3,12H2,1H3/b17-14-. The molecule has 0 aliphatic carbocycles. The van der Waals surface area contributed by atoms with Gasteiger partial charge in [-0.25, -0.2) is 4.79 Å². The van der Waals surface area contributed by atoms with Crippen LogP contribution in [0.5, 0.6) is 0 Å². The first-order valence-electron chi connectivity index (χ1n) is 9.30. The van der Waals surface area contributed by atoms with Gasteiger partial charge >= 0.3 is 5.63 Å². The van der Waals surface area contributed by atoms with Crippen molar-refractivity contribution in [1.82, 2.24) is 0 Å². The Bertz CT molecular complexity index is 1170. The molecule has 5 nitrogen and oxygen atoms in total. The van der Waals surface area contributed by atoms with Crippen molar-refractivity contribution < 1.29 is 14.0 Å². The molecule has 1 aromatic heterocycles. The van der Waals surface area contributed by atoms with Gasteiger partial charge < -0.3 is 9.32 Å². The van der Waals surface area contributed by atoms with Crippen LogP contribution < -0.4 is 10.5 Å². The number of para-hydroxylation sites is 2. The van der Waals surface area contributed by atoms with E-state index in [1.807, 2.05) is 24.3 Å². The lowest BCUT2D eigenvalue weighted by molar-refractivity contribution is -0.113. The molecule has 0 spiro atoms. The Hall–Kier alpha value is -3.47. The molecule has 5 heteroatoms. The molecule has 0 atom stereocenters. The van der Waals surface area contributed by atoms with Gasteiger partial charge in [0, 0.05) is 17.5 Å². The van der Waals surface area contributed by atoms with Crippen LogP contribution in [-0.2, 0) is 4.79 Å². The summed E-state index contributed by atoms with van der Waals surface area (Å²) < 4.78 is 5.25. The highest BCUT2D eigenvalue weighted by molar-refractivity contribution is 6.35. The Morgan fingerprint density at radius 2 is 1.82 bits per heavy atom. The van der Waals surface area contributed by atoms with E-state index in [1.165, 1.54) is 12.1 Å².